The lowest BCUT2D eigenvalue weighted by atomic mass is 9.89. The third-order valence-corrected chi connectivity index (χ3v) is 3.34. The Labute approximate surface area is 115 Å². The molecule has 1 unspecified atom stereocenters. The summed E-state index contributed by atoms with van der Waals surface area (Å²) in [5.74, 6) is -0.770. The molecule has 0 aliphatic carbocycles. The lowest BCUT2D eigenvalue weighted by molar-refractivity contribution is -0.163. The van der Waals surface area contributed by atoms with Gasteiger partial charge in [0.05, 0.1) is 12.7 Å². The van der Waals surface area contributed by atoms with Gasteiger partial charge in [0, 0.05) is 16.9 Å². The summed E-state index contributed by atoms with van der Waals surface area (Å²) in [6, 6.07) is 5.44. The molecule has 0 saturated carbocycles. The Kier molecular flexibility index (Phi) is 3.49. The summed E-state index contributed by atoms with van der Waals surface area (Å²) in [6.07, 6.45) is 1.05. The molecule has 2 rings (SSSR count). The van der Waals surface area contributed by atoms with Crippen molar-refractivity contribution in [1.29, 1.82) is 0 Å². The van der Waals surface area contributed by atoms with Gasteiger partial charge in [0.1, 0.15) is 0 Å². The number of benzene rings is 1. The number of ether oxygens (including phenoxy) is 2. The van der Waals surface area contributed by atoms with Crippen LogP contribution < -0.4 is 11.5 Å². The Balaban J connectivity index is 2.17. The normalized spacial score (nSPS) is 27.7. The monoisotopic (exact) mass is 264 g/mol. The number of nitrogens with two attached hydrogens (primary N) is 2. The first-order valence-corrected chi connectivity index (χ1v) is 6.67. The lowest BCUT2D eigenvalue weighted by Gasteiger charge is -2.27. The van der Waals surface area contributed by atoms with Gasteiger partial charge in [0.15, 0.2) is 5.79 Å². The van der Waals surface area contributed by atoms with Crippen LogP contribution in [0.4, 0.5) is 11.4 Å². The molecule has 4 nitrogen and oxygen atoms in total. The third kappa shape index (κ3) is 3.19. The molecule has 1 aromatic carbocycles. The molecular formula is C15H24N2O2. The summed E-state index contributed by atoms with van der Waals surface area (Å²) in [5.41, 5.74) is 14.1. The first-order valence-electron chi connectivity index (χ1n) is 6.67. The quantitative estimate of drug-likeness (QED) is 0.806. The topological polar surface area (TPSA) is 70.5 Å². The molecule has 19 heavy (non-hydrogen) atoms. The molecule has 4 N–H and O–H groups in total. The Bertz CT molecular complexity index is 468. The van der Waals surface area contributed by atoms with Gasteiger partial charge in [-0.3, -0.25) is 0 Å². The highest BCUT2D eigenvalue weighted by Gasteiger charge is 2.41. The fraction of sp³-hybridized carbons (Fsp3) is 0.600. The summed E-state index contributed by atoms with van der Waals surface area (Å²) in [7, 11) is 0. The summed E-state index contributed by atoms with van der Waals surface area (Å²) < 4.78 is 12.0. The van der Waals surface area contributed by atoms with Crippen molar-refractivity contribution in [3.05, 3.63) is 23.8 Å². The van der Waals surface area contributed by atoms with Gasteiger partial charge in [-0.15, -0.1) is 0 Å². The fourth-order valence-corrected chi connectivity index (χ4v) is 2.56. The molecule has 1 aliphatic rings. The van der Waals surface area contributed by atoms with E-state index in [0.29, 0.717) is 18.0 Å². The van der Waals surface area contributed by atoms with E-state index in [1.807, 2.05) is 19.1 Å². The van der Waals surface area contributed by atoms with Crippen LogP contribution in [-0.2, 0) is 15.3 Å². The van der Waals surface area contributed by atoms with Crippen LogP contribution in [0.5, 0.6) is 0 Å². The van der Waals surface area contributed by atoms with E-state index in [1.54, 1.807) is 6.07 Å². The van der Waals surface area contributed by atoms with Crippen LogP contribution >= 0.6 is 0 Å². The average Bonchev–Trinajstić information content (AvgIpc) is 2.57. The second-order valence-electron chi connectivity index (χ2n) is 6.61. The molecule has 1 heterocycles. The van der Waals surface area contributed by atoms with E-state index in [1.165, 1.54) is 0 Å². The van der Waals surface area contributed by atoms with Crippen LogP contribution in [0.15, 0.2) is 18.2 Å². The predicted molar refractivity (Wildman–Crippen MR) is 77.5 cm³/mol. The minimum Gasteiger partial charge on any atom is -0.399 e. The SMILES string of the molecule is CC(C)(C)CC1CO[C@](C)(c2ccc(N)cc2N)O1. The maximum Gasteiger partial charge on any atom is 0.194 e. The molecule has 2 atom stereocenters. The van der Waals surface area contributed by atoms with Crippen molar-refractivity contribution in [1.82, 2.24) is 0 Å². The first kappa shape index (κ1) is 14.2. The van der Waals surface area contributed by atoms with Crippen LogP contribution in [0.3, 0.4) is 0 Å². The van der Waals surface area contributed by atoms with E-state index in [0.717, 1.165) is 12.0 Å². The lowest BCUT2D eigenvalue weighted by Crippen LogP contribution is -2.26. The van der Waals surface area contributed by atoms with E-state index < -0.39 is 5.79 Å². The van der Waals surface area contributed by atoms with Crippen molar-refractivity contribution in [2.24, 2.45) is 5.41 Å². The maximum atomic E-state index is 6.09. The van der Waals surface area contributed by atoms with Crippen LogP contribution in [0.25, 0.3) is 0 Å². The molecule has 1 fully saturated rings. The van der Waals surface area contributed by atoms with Crippen LogP contribution in [0.1, 0.15) is 39.7 Å². The molecule has 1 saturated heterocycles. The molecule has 0 spiro atoms. The highest BCUT2D eigenvalue weighted by molar-refractivity contribution is 5.58. The standard InChI is InChI=1S/C15H24N2O2/c1-14(2,3)8-11-9-18-15(4,19-11)12-6-5-10(16)7-13(12)17/h5-7,11H,8-9,16-17H2,1-4H3/t11?,15-/m0/s1. The van der Waals surface area contributed by atoms with Crippen molar-refractivity contribution in [2.75, 3.05) is 18.1 Å². The Hall–Kier alpha value is -1.26. The van der Waals surface area contributed by atoms with Gasteiger partial charge >= 0.3 is 0 Å². The van der Waals surface area contributed by atoms with E-state index in [9.17, 15) is 0 Å². The van der Waals surface area contributed by atoms with Crippen LogP contribution in [0, 0.1) is 5.41 Å². The van der Waals surface area contributed by atoms with Gasteiger partial charge in [-0.2, -0.15) is 0 Å². The van der Waals surface area contributed by atoms with E-state index in [2.05, 4.69) is 20.8 Å². The maximum absolute atomic E-state index is 6.09. The molecule has 1 aromatic rings. The second-order valence-corrected chi connectivity index (χ2v) is 6.61. The van der Waals surface area contributed by atoms with Gasteiger partial charge in [-0.05, 0) is 37.0 Å². The van der Waals surface area contributed by atoms with Gasteiger partial charge in [-0.1, -0.05) is 20.8 Å². The van der Waals surface area contributed by atoms with Crippen molar-refractivity contribution in [3.63, 3.8) is 0 Å². The molecule has 4 heteroatoms. The summed E-state index contributed by atoms with van der Waals surface area (Å²) in [4.78, 5) is 0. The van der Waals surface area contributed by atoms with Crippen LogP contribution in [0.2, 0.25) is 0 Å². The molecular weight excluding hydrogens is 240 g/mol. The van der Waals surface area contributed by atoms with E-state index in [-0.39, 0.29) is 11.5 Å². The Morgan fingerprint density at radius 2 is 2.00 bits per heavy atom. The minimum absolute atomic E-state index is 0.0990. The highest BCUT2D eigenvalue weighted by atomic mass is 16.7. The fourth-order valence-electron chi connectivity index (χ4n) is 2.56. The number of anilines is 2. The smallest absolute Gasteiger partial charge is 0.194 e. The van der Waals surface area contributed by atoms with Crippen molar-refractivity contribution in [3.8, 4) is 0 Å². The van der Waals surface area contributed by atoms with Crippen molar-refractivity contribution in [2.45, 2.75) is 46.0 Å². The zero-order chi connectivity index (χ0) is 14.3. The summed E-state index contributed by atoms with van der Waals surface area (Å²) >= 11 is 0. The number of nitrogen functional groups attached to an aromatic ring is 2. The average molecular weight is 264 g/mol. The highest BCUT2D eigenvalue weighted by Crippen LogP contribution is 2.40. The van der Waals surface area contributed by atoms with Gasteiger partial charge in [0.25, 0.3) is 0 Å². The van der Waals surface area contributed by atoms with E-state index >= 15 is 0 Å². The second kappa shape index (κ2) is 4.69. The third-order valence-electron chi connectivity index (χ3n) is 3.34. The van der Waals surface area contributed by atoms with Gasteiger partial charge < -0.3 is 20.9 Å². The first-order chi connectivity index (χ1) is 8.70. The number of rotatable bonds is 2. The van der Waals surface area contributed by atoms with Crippen LogP contribution in [-0.4, -0.2) is 12.7 Å². The molecule has 0 amide bonds. The Morgan fingerprint density at radius 1 is 1.32 bits per heavy atom. The zero-order valence-electron chi connectivity index (χ0n) is 12.2. The molecule has 106 valence electrons. The van der Waals surface area contributed by atoms with Crippen molar-refractivity contribution < 1.29 is 9.47 Å². The van der Waals surface area contributed by atoms with E-state index in [4.69, 9.17) is 20.9 Å². The number of hydrogen-bond acceptors (Lipinski definition) is 4. The summed E-state index contributed by atoms with van der Waals surface area (Å²) in [6.45, 7) is 9.10. The Morgan fingerprint density at radius 3 is 2.58 bits per heavy atom. The summed E-state index contributed by atoms with van der Waals surface area (Å²) in [5, 5.41) is 0. The zero-order valence-corrected chi connectivity index (χ0v) is 12.2. The molecule has 0 bridgehead atoms. The van der Waals surface area contributed by atoms with Gasteiger partial charge in [-0.25, -0.2) is 0 Å². The minimum atomic E-state index is -0.770. The number of hydrogen-bond donors (Lipinski definition) is 2. The van der Waals surface area contributed by atoms with Crippen molar-refractivity contribution >= 4 is 11.4 Å². The predicted octanol–water partition coefficient (Wildman–Crippen LogP) is 2.88. The largest absolute Gasteiger partial charge is 0.399 e. The molecule has 0 radical (unpaired) electrons. The molecule has 1 aliphatic heterocycles. The van der Waals surface area contributed by atoms with Gasteiger partial charge in [0.2, 0.25) is 0 Å². The molecule has 0 aromatic heterocycles.